The fraction of sp³-hybridized carbons (Fsp3) is 0.333. The summed E-state index contributed by atoms with van der Waals surface area (Å²) in [4.78, 5) is 23.3. The summed E-state index contributed by atoms with van der Waals surface area (Å²) in [5.41, 5.74) is 0. The van der Waals surface area contributed by atoms with Crippen molar-refractivity contribution in [2.24, 2.45) is 5.92 Å². The second kappa shape index (κ2) is 6.56. The summed E-state index contributed by atoms with van der Waals surface area (Å²) in [7, 11) is 0. The van der Waals surface area contributed by atoms with Gasteiger partial charge < -0.3 is 10.4 Å². The van der Waals surface area contributed by atoms with Gasteiger partial charge >= 0.3 is 5.97 Å². The van der Waals surface area contributed by atoms with Crippen LogP contribution in [-0.2, 0) is 9.59 Å². The molecular formula is C12H14ClNO3S. The lowest BCUT2D eigenvalue weighted by Crippen LogP contribution is -2.43. The molecule has 1 amide bonds. The first-order valence-corrected chi connectivity index (χ1v) is 6.56. The number of carbonyl (C=O) groups excluding carboxylic acids is 1. The minimum absolute atomic E-state index is 0.170. The molecule has 0 aliphatic heterocycles. The summed E-state index contributed by atoms with van der Waals surface area (Å²) in [5, 5.41) is 11.4. The Labute approximate surface area is 114 Å². The van der Waals surface area contributed by atoms with Crippen molar-refractivity contribution >= 4 is 40.9 Å². The molecule has 1 rings (SSSR count). The Hall–Kier alpha value is -1.33. The fourth-order valence-corrected chi connectivity index (χ4v) is 2.25. The highest BCUT2D eigenvalue weighted by Gasteiger charge is 2.22. The second-order valence-corrected chi connectivity index (χ2v) is 5.79. The maximum absolute atomic E-state index is 11.6. The number of amides is 1. The Morgan fingerprint density at radius 1 is 1.44 bits per heavy atom. The largest absolute Gasteiger partial charge is 0.480 e. The minimum Gasteiger partial charge on any atom is -0.480 e. The summed E-state index contributed by atoms with van der Waals surface area (Å²) in [6.07, 6.45) is 2.91. The lowest BCUT2D eigenvalue weighted by Gasteiger charge is -2.16. The van der Waals surface area contributed by atoms with Crippen molar-refractivity contribution in [3.63, 3.8) is 0 Å². The first-order chi connectivity index (χ1) is 8.40. The van der Waals surface area contributed by atoms with E-state index in [9.17, 15) is 9.59 Å². The van der Waals surface area contributed by atoms with E-state index in [1.54, 1.807) is 32.1 Å². The molecule has 0 saturated carbocycles. The molecule has 0 fully saturated rings. The Balaban J connectivity index is 2.60. The Kier molecular flexibility index (Phi) is 5.37. The van der Waals surface area contributed by atoms with Crippen LogP contribution < -0.4 is 5.32 Å². The molecule has 1 unspecified atom stereocenters. The summed E-state index contributed by atoms with van der Waals surface area (Å²) in [6.45, 7) is 3.48. The van der Waals surface area contributed by atoms with E-state index in [4.69, 9.17) is 16.7 Å². The first-order valence-electron chi connectivity index (χ1n) is 5.37. The molecular weight excluding hydrogens is 274 g/mol. The molecule has 2 N–H and O–H groups in total. The predicted octanol–water partition coefficient (Wildman–Crippen LogP) is 2.64. The van der Waals surface area contributed by atoms with Crippen molar-refractivity contribution in [2.45, 2.75) is 19.9 Å². The molecule has 18 heavy (non-hydrogen) atoms. The van der Waals surface area contributed by atoms with Gasteiger partial charge in [0.25, 0.3) is 0 Å². The van der Waals surface area contributed by atoms with Crippen LogP contribution in [0.4, 0.5) is 0 Å². The molecule has 0 aliphatic carbocycles. The Morgan fingerprint density at radius 2 is 2.11 bits per heavy atom. The molecule has 1 heterocycles. The number of thiophene rings is 1. The molecule has 4 nitrogen and oxygen atoms in total. The molecule has 0 bridgehead atoms. The van der Waals surface area contributed by atoms with E-state index < -0.39 is 17.9 Å². The zero-order valence-corrected chi connectivity index (χ0v) is 11.6. The van der Waals surface area contributed by atoms with Gasteiger partial charge in [-0.1, -0.05) is 25.4 Å². The lowest BCUT2D eigenvalue weighted by molar-refractivity contribution is -0.142. The van der Waals surface area contributed by atoms with E-state index in [1.807, 2.05) is 0 Å². The van der Waals surface area contributed by atoms with Gasteiger partial charge in [-0.15, -0.1) is 11.3 Å². The number of hydrogen-bond acceptors (Lipinski definition) is 3. The van der Waals surface area contributed by atoms with Crippen molar-refractivity contribution in [3.8, 4) is 0 Å². The van der Waals surface area contributed by atoms with E-state index in [0.29, 0.717) is 4.34 Å². The van der Waals surface area contributed by atoms with Crippen LogP contribution in [0.1, 0.15) is 18.7 Å². The number of rotatable bonds is 5. The molecule has 0 aliphatic rings. The molecule has 1 aromatic heterocycles. The third-order valence-corrected chi connectivity index (χ3v) is 3.42. The Bertz CT molecular complexity index is 468. The topological polar surface area (TPSA) is 66.4 Å². The molecule has 0 radical (unpaired) electrons. The van der Waals surface area contributed by atoms with Gasteiger partial charge in [0.2, 0.25) is 5.91 Å². The van der Waals surface area contributed by atoms with Crippen molar-refractivity contribution in [3.05, 3.63) is 27.4 Å². The zero-order chi connectivity index (χ0) is 13.7. The maximum atomic E-state index is 11.6. The fourth-order valence-electron chi connectivity index (χ4n) is 1.29. The number of hydrogen-bond donors (Lipinski definition) is 2. The highest BCUT2D eigenvalue weighted by atomic mass is 35.5. The van der Waals surface area contributed by atoms with E-state index >= 15 is 0 Å². The van der Waals surface area contributed by atoms with Gasteiger partial charge in [-0.05, 0) is 24.1 Å². The van der Waals surface area contributed by atoms with Crippen LogP contribution in [0, 0.1) is 5.92 Å². The molecule has 0 aromatic carbocycles. The minimum atomic E-state index is -1.04. The average molecular weight is 288 g/mol. The average Bonchev–Trinajstić information content (AvgIpc) is 2.68. The molecule has 0 spiro atoms. The van der Waals surface area contributed by atoms with Gasteiger partial charge in [0.15, 0.2) is 0 Å². The predicted molar refractivity (Wildman–Crippen MR) is 72.8 cm³/mol. The van der Waals surface area contributed by atoms with E-state index in [2.05, 4.69) is 5.32 Å². The number of nitrogens with one attached hydrogen (secondary N) is 1. The third kappa shape index (κ3) is 4.50. The standard InChI is InChI=1S/C12H14ClNO3S/c1-7(2)11(12(16)17)14-10(15)6-4-8-3-5-9(13)18-8/h3-7,11H,1-2H3,(H,14,15)(H,16,17)/b6-4+. The number of halogens is 1. The second-order valence-electron chi connectivity index (χ2n) is 4.04. The molecule has 6 heteroatoms. The van der Waals surface area contributed by atoms with Crippen molar-refractivity contribution in [1.29, 1.82) is 0 Å². The first kappa shape index (κ1) is 14.7. The van der Waals surface area contributed by atoms with Gasteiger partial charge in [0.05, 0.1) is 4.34 Å². The highest BCUT2D eigenvalue weighted by molar-refractivity contribution is 7.17. The zero-order valence-electron chi connectivity index (χ0n) is 10.0. The van der Waals surface area contributed by atoms with E-state index in [0.717, 1.165) is 4.88 Å². The van der Waals surface area contributed by atoms with Crippen LogP contribution in [0.5, 0.6) is 0 Å². The number of aliphatic carboxylic acids is 1. The van der Waals surface area contributed by atoms with Gasteiger partial charge in [-0.25, -0.2) is 4.79 Å². The van der Waals surface area contributed by atoms with Crippen molar-refractivity contribution in [2.75, 3.05) is 0 Å². The van der Waals surface area contributed by atoms with Crippen LogP contribution in [0.2, 0.25) is 4.34 Å². The lowest BCUT2D eigenvalue weighted by atomic mass is 10.0. The maximum Gasteiger partial charge on any atom is 0.326 e. The van der Waals surface area contributed by atoms with Crippen LogP contribution >= 0.6 is 22.9 Å². The normalized spacial score (nSPS) is 12.9. The Morgan fingerprint density at radius 3 is 2.56 bits per heavy atom. The molecule has 1 aromatic rings. The summed E-state index contributed by atoms with van der Waals surface area (Å²) in [5.74, 6) is -1.64. The van der Waals surface area contributed by atoms with Crippen molar-refractivity contribution in [1.82, 2.24) is 5.32 Å². The summed E-state index contributed by atoms with van der Waals surface area (Å²) < 4.78 is 0.639. The van der Waals surface area contributed by atoms with E-state index in [-0.39, 0.29) is 5.92 Å². The van der Waals surface area contributed by atoms with Crippen LogP contribution in [0.15, 0.2) is 18.2 Å². The highest BCUT2D eigenvalue weighted by Crippen LogP contribution is 2.22. The van der Waals surface area contributed by atoms with Gasteiger partial charge in [-0.2, -0.15) is 0 Å². The molecule has 98 valence electrons. The van der Waals surface area contributed by atoms with Gasteiger partial charge in [-0.3, -0.25) is 4.79 Å². The third-order valence-electron chi connectivity index (χ3n) is 2.22. The molecule has 1 atom stereocenters. The van der Waals surface area contributed by atoms with Crippen LogP contribution in [0.25, 0.3) is 6.08 Å². The quantitative estimate of drug-likeness (QED) is 0.818. The molecule has 0 saturated heterocycles. The van der Waals surface area contributed by atoms with Crippen LogP contribution in [-0.4, -0.2) is 23.0 Å². The number of carboxylic acids is 1. The van der Waals surface area contributed by atoms with Gasteiger partial charge in [0.1, 0.15) is 6.04 Å². The monoisotopic (exact) mass is 287 g/mol. The van der Waals surface area contributed by atoms with Gasteiger partial charge in [0, 0.05) is 11.0 Å². The smallest absolute Gasteiger partial charge is 0.326 e. The SMILES string of the molecule is CC(C)C(NC(=O)/C=C/c1ccc(Cl)s1)C(=O)O. The van der Waals surface area contributed by atoms with Crippen LogP contribution in [0.3, 0.4) is 0 Å². The summed E-state index contributed by atoms with van der Waals surface area (Å²) in [6, 6.07) is 2.64. The van der Waals surface area contributed by atoms with E-state index in [1.165, 1.54) is 17.4 Å². The summed E-state index contributed by atoms with van der Waals surface area (Å²) >= 11 is 7.09. The number of carbonyl (C=O) groups is 2. The number of carboxylic acid groups (broad SMARTS) is 1. The van der Waals surface area contributed by atoms with Crippen molar-refractivity contribution < 1.29 is 14.7 Å².